The lowest BCUT2D eigenvalue weighted by atomic mass is 9.80. The van der Waals surface area contributed by atoms with E-state index >= 15 is 0 Å². The summed E-state index contributed by atoms with van der Waals surface area (Å²) in [5.41, 5.74) is 0.217. The highest BCUT2D eigenvalue weighted by atomic mass is 35.5. The first-order chi connectivity index (χ1) is 6.82. The van der Waals surface area contributed by atoms with Crippen molar-refractivity contribution in [2.24, 2.45) is 11.3 Å². The Morgan fingerprint density at radius 2 is 1.94 bits per heavy atom. The Bertz CT molecular complexity index is 234. The molecule has 0 saturated carbocycles. The third-order valence-corrected chi connectivity index (χ3v) is 3.66. The van der Waals surface area contributed by atoms with Crippen LogP contribution in [0.15, 0.2) is 0 Å². The molecule has 1 fully saturated rings. The average Bonchev–Trinajstić information content (AvgIpc) is 1.98. The van der Waals surface area contributed by atoms with E-state index in [1.54, 1.807) is 0 Å². The van der Waals surface area contributed by atoms with Gasteiger partial charge in [0.2, 0.25) is 5.91 Å². The molecule has 16 heavy (non-hydrogen) atoms. The molecular formula is C12H25ClN2O. The van der Waals surface area contributed by atoms with Crippen LogP contribution in [0.4, 0.5) is 0 Å². The van der Waals surface area contributed by atoms with Crippen LogP contribution in [-0.4, -0.2) is 37.0 Å². The minimum absolute atomic E-state index is 0. The van der Waals surface area contributed by atoms with Crippen LogP contribution in [0.25, 0.3) is 0 Å². The van der Waals surface area contributed by atoms with Gasteiger partial charge in [0, 0.05) is 26.6 Å². The largest absolute Gasteiger partial charge is 0.340 e. The molecule has 1 N–H and O–H groups in total. The Hall–Kier alpha value is -0.280. The lowest BCUT2D eigenvalue weighted by Crippen LogP contribution is -2.57. The SMILES string of the molecule is CC(CC(=O)N(C)C1CNC1)C(C)(C)C.Cl. The van der Waals surface area contributed by atoms with Crippen molar-refractivity contribution >= 4 is 18.3 Å². The highest BCUT2D eigenvalue weighted by Crippen LogP contribution is 2.28. The van der Waals surface area contributed by atoms with Gasteiger partial charge in [0.15, 0.2) is 0 Å². The van der Waals surface area contributed by atoms with Gasteiger partial charge in [-0.25, -0.2) is 0 Å². The van der Waals surface area contributed by atoms with E-state index in [0.29, 0.717) is 18.4 Å². The minimum atomic E-state index is 0. The molecular weight excluding hydrogens is 224 g/mol. The number of carbonyl (C=O) groups is 1. The molecule has 1 saturated heterocycles. The van der Waals surface area contributed by atoms with Gasteiger partial charge in [-0.15, -0.1) is 12.4 Å². The topological polar surface area (TPSA) is 32.3 Å². The van der Waals surface area contributed by atoms with E-state index in [4.69, 9.17) is 0 Å². The standard InChI is InChI=1S/C12H24N2O.ClH/c1-9(12(2,3)4)6-11(15)14(5)10-7-13-8-10;/h9-10,13H,6-8H2,1-5H3;1H. The van der Waals surface area contributed by atoms with E-state index in [9.17, 15) is 4.79 Å². The van der Waals surface area contributed by atoms with Crippen LogP contribution in [0.3, 0.4) is 0 Å². The number of rotatable bonds is 3. The molecule has 0 spiro atoms. The normalized spacial score (nSPS) is 18.3. The van der Waals surface area contributed by atoms with Crippen molar-refractivity contribution < 1.29 is 4.79 Å². The molecule has 1 aliphatic rings. The van der Waals surface area contributed by atoms with Gasteiger partial charge in [-0.1, -0.05) is 27.7 Å². The number of nitrogens with zero attached hydrogens (tertiary/aromatic N) is 1. The first-order valence-electron chi connectivity index (χ1n) is 5.78. The van der Waals surface area contributed by atoms with Crippen LogP contribution in [0.5, 0.6) is 0 Å². The first kappa shape index (κ1) is 15.7. The molecule has 1 rings (SSSR count). The van der Waals surface area contributed by atoms with Gasteiger partial charge in [0.1, 0.15) is 0 Å². The fourth-order valence-corrected chi connectivity index (χ4v) is 1.46. The zero-order valence-corrected chi connectivity index (χ0v) is 11.9. The van der Waals surface area contributed by atoms with E-state index in [0.717, 1.165) is 13.1 Å². The lowest BCUT2D eigenvalue weighted by Gasteiger charge is -2.37. The Labute approximate surface area is 105 Å². The number of hydrogen-bond donors (Lipinski definition) is 1. The predicted molar refractivity (Wildman–Crippen MR) is 69.9 cm³/mol. The summed E-state index contributed by atoms with van der Waals surface area (Å²) in [6.45, 7) is 10.6. The summed E-state index contributed by atoms with van der Waals surface area (Å²) < 4.78 is 0. The second-order valence-corrected chi connectivity index (χ2v) is 5.79. The fraction of sp³-hybridized carbons (Fsp3) is 0.917. The van der Waals surface area contributed by atoms with Gasteiger partial charge in [0.05, 0.1) is 6.04 Å². The van der Waals surface area contributed by atoms with Gasteiger partial charge in [-0.3, -0.25) is 4.79 Å². The van der Waals surface area contributed by atoms with Crippen molar-refractivity contribution in [2.45, 2.75) is 40.2 Å². The highest BCUT2D eigenvalue weighted by molar-refractivity contribution is 5.85. The molecule has 0 aliphatic carbocycles. The lowest BCUT2D eigenvalue weighted by molar-refractivity contribution is -0.134. The van der Waals surface area contributed by atoms with E-state index in [2.05, 4.69) is 33.0 Å². The molecule has 0 bridgehead atoms. The van der Waals surface area contributed by atoms with Crippen LogP contribution in [0.2, 0.25) is 0 Å². The molecule has 1 amide bonds. The number of nitrogens with one attached hydrogen (secondary N) is 1. The van der Waals surface area contributed by atoms with E-state index in [1.165, 1.54) is 0 Å². The summed E-state index contributed by atoms with van der Waals surface area (Å²) in [7, 11) is 1.92. The first-order valence-corrected chi connectivity index (χ1v) is 5.78. The Kier molecular flexibility index (Phi) is 5.77. The van der Waals surface area contributed by atoms with Crippen LogP contribution < -0.4 is 5.32 Å². The summed E-state index contributed by atoms with van der Waals surface area (Å²) in [5.74, 6) is 0.712. The van der Waals surface area contributed by atoms with E-state index in [1.807, 2.05) is 11.9 Å². The molecule has 96 valence electrons. The van der Waals surface area contributed by atoms with E-state index in [-0.39, 0.29) is 23.7 Å². The van der Waals surface area contributed by atoms with Crippen molar-refractivity contribution in [1.29, 1.82) is 0 Å². The maximum atomic E-state index is 11.9. The number of likely N-dealkylation sites (N-methyl/N-ethyl adjacent to an activating group) is 1. The van der Waals surface area contributed by atoms with Gasteiger partial charge < -0.3 is 10.2 Å². The molecule has 0 aromatic carbocycles. The van der Waals surface area contributed by atoms with Crippen molar-refractivity contribution in [3.05, 3.63) is 0 Å². The highest BCUT2D eigenvalue weighted by Gasteiger charge is 2.28. The van der Waals surface area contributed by atoms with Gasteiger partial charge in [-0.2, -0.15) is 0 Å². The number of halogens is 1. The summed E-state index contributed by atoms with van der Waals surface area (Å²) in [6.07, 6.45) is 0.663. The molecule has 1 heterocycles. The molecule has 1 unspecified atom stereocenters. The van der Waals surface area contributed by atoms with Crippen LogP contribution in [0.1, 0.15) is 34.1 Å². The molecule has 0 aromatic heterocycles. The predicted octanol–water partition coefficient (Wildman–Crippen LogP) is 1.91. The summed E-state index contributed by atoms with van der Waals surface area (Å²) in [5, 5.41) is 3.19. The summed E-state index contributed by atoms with van der Waals surface area (Å²) in [6, 6.07) is 0.421. The molecule has 1 aliphatic heterocycles. The Balaban J connectivity index is 0.00000225. The third-order valence-electron chi connectivity index (χ3n) is 3.66. The smallest absolute Gasteiger partial charge is 0.222 e. The van der Waals surface area contributed by atoms with Crippen molar-refractivity contribution in [3.63, 3.8) is 0 Å². The van der Waals surface area contributed by atoms with Crippen LogP contribution >= 0.6 is 12.4 Å². The maximum Gasteiger partial charge on any atom is 0.222 e. The molecule has 1 atom stereocenters. The zero-order valence-electron chi connectivity index (χ0n) is 11.0. The molecule has 4 heteroatoms. The van der Waals surface area contributed by atoms with Gasteiger partial charge in [-0.05, 0) is 11.3 Å². The maximum absolute atomic E-state index is 11.9. The van der Waals surface area contributed by atoms with Crippen LogP contribution in [0, 0.1) is 11.3 Å². The van der Waals surface area contributed by atoms with Gasteiger partial charge in [0.25, 0.3) is 0 Å². The number of carbonyl (C=O) groups excluding carboxylic acids is 1. The monoisotopic (exact) mass is 248 g/mol. The van der Waals surface area contributed by atoms with Crippen molar-refractivity contribution in [1.82, 2.24) is 10.2 Å². The Morgan fingerprint density at radius 3 is 2.25 bits per heavy atom. The Morgan fingerprint density at radius 1 is 1.44 bits per heavy atom. The quantitative estimate of drug-likeness (QED) is 0.828. The number of amides is 1. The third kappa shape index (κ3) is 3.95. The molecule has 0 radical (unpaired) electrons. The molecule has 3 nitrogen and oxygen atoms in total. The van der Waals surface area contributed by atoms with Crippen molar-refractivity contribution in [2.75, 3.05) is 20.1 Å². The van der Waals surface area contributed by atoms with Crippen LogP contribution in [-0.2, 0) is 4.79 Å². The summed E-state index contributed by atoms with van der Waals surface area (Å²) >= 11 is 0. The average molecular weight is 249 g/mol. The minimum Gasteiger partial charge on any atom is -0.340 e. The summed E-state index contributed by atoms with van der Waals surface area (Å²) in [4.78, 5) is 13.8. The van der Waals surface area contributed by atoms with Gasteiger partial charge >= 0.3 is 0 Å². The zero-order chi connectivity index (χ0) is 11.6. The second kappa shape index (κ2) is 5.87. The molecule has 0 aromatic rings. The number of hydrogen-bond acceptors (Lipinski definition) is 2. The second-order valence-electron chi connectivity index (χ2n) is 5.79. The fourth-order valence-electron chi connectivity index (χ4n) is 1.46. The van der Waals surface area contributed by atoms with E-state index < -0.39 is 0 Å². The van der Waals surface area contributed by atoms with Crippen molar-refractivity contribution in [3.8, 4) is 0 Å².